The van der Waals surface area contributed by atoms with Crippen LogP contribution in [-0.2, 0) is 0 Å². The number of halogens is 2. The van der Waals surface area contributed by atoms with Crippen molar-refractivity contribution in [3.8, 4) is 5.75 Å². The number of benzene rings is 1. The van der Waals surface area contributed by atoms with Crippen molar-refractivity contribution in [1.29, 1.82) is 0 Å². The Bertz CT molecular complexity index is 302. The maximum atomic E-state index is 13.0. The van der Waals surface area contributed by atoms with Crippen molar-refractivity contribution in [2.45, 2.75) is 6.92 Å². The van der Waals surface area contributed by atoms with Crippen LogP contribution >= 0.6 is 11.6 Å². The largest absolute Gasteiger partial charge is 0.494 e. The molecule has 0 heterocycles. The molecule has 70 valence electrons. The van der Waals surface area contributed by atoms with Gasteiger partial charge in [0.25, 0.3) is 0 Å². The smallest absolute Gasteiger partial charge is 0.154 e. The molecule has 0 aliphatic rings. The maximum absolute atomic E-state index is 13.0. The molecule has 4 heteroatoms. The zero-order chi connectivity index (χ0) is 9.84. The van der Waals surface area contributed by atoms with Crippen LogP contribution in [0.3, 0.4) is 0 Å². The normalized spacial score (nSPS) is 9.77. The van der Waals surface area contributed by atoms with Gasteiger partial charge in [-0.2, -0.15) is 0 Å². The van der Waals surface area contributed by atoms with Crippen LogP contribution in [0.5, 0.6) is 5.75 Å². The summed E-state index contributed by atoms with van der Waals surface area (Å²) in [6.07, 6.45) is 0.382. The van der Waals surface area contributed by atoms with Crippen molar-refractivity contribution in [2.24, 2.45) is 0 Å². The van der Waals surface area contributed by atoms with E-state index in [0.29, 0.717) is 18.6 Å². The van der Waals surface area contributed by atoms with Crippen molar-refractivity contribution in [2.75, 3.05) is 6.61 Å². The van der Waals surface area contributed by atoms with Crippen LogP contribution in [0.2, 0.25) is 5.02 Å². The van der Waals surface area contributed by atoms with Gasteiger partial charge in [-0.25, -0.2) is 4.39 Å². The molecule has 0 radical (unpaired) electrons. The molecule has 1 aromatic rings. The quantitative estimate of drug-likeness (QED) is 0.705. The number of aldehydes is 1. The van der Waals surface area contributed by atoms with Gasteiger partial charge in [0, 0.05) is 6.07 Å². The Balaban J connectivity index is 3.12. The Morgan fingerprint density at radius 2 is 2.31 bits per heavy atom. The minimum atomic E-state index is -0.661. The lowest BCUT2D eigenvalue weighted by atomic mass is 10.2. The lowest BCUT2D eigenvalue weighted by Gasteiger charge is -2.05. The van der Waals surface area contributed by atoms with Gasteiger partial charge in [0.2, 0.25) is 0 Å². The lowest BCUT2D eigenvalue weighted by molar-refractivity contribution is 0.112. The molecule has 0 atom stereocenters. The van der Waals surface area contributed by atoms with Gasteiger partial charge in [-0.05, 0) is 13.0 Å². The molecule has 0 aromatic heterocycles. The van der Waals surface area contributed by atoms with E-state index in [1.165, 1.54) is 6.07 Å². The minimum Gasteiger partial charge on any atom is -0.494 e. The first-order chi connectivity index (χ1) is 6.19. The number of hydrogen-bond acceptors (Lipinski definition) is 2. The van der Waals surface area contributed by atoms with Crippen LogP contribution < -0.4 is 4.74 Å². The summed E-state index contributed by atoms with van der Waals surface area (Å²) in [5.74, 6) is -0.332. The molecular weight excluding hydrogens is 195 g/mol. The fourth-order valence-corrected chi connectivity index (χ4v) is 1.17. The second kappa shape index (κ2) is 4.23. The Labute approximate surface area is 80.3 Å². The summed E-state index contributed by atoms with van der Waals surface area (Å²) < 4.78 is 18.1. The first-order valence-corrected chi connectivity index (χ1v) is 4.13. The highest BCUT2D eigenvalue weighted by atomic mass is 35.5. The predicted octanol–water partition coefficient (Wildman–Crippen LogP) is 2.69. The van der Waals surface area contributed by atoms with E-state index in [2.05, 4.69) is 0 Å². The molecule has 0 amide bonds. The van der Waals surface area contributed by atoms with Crippen LogP contribution in [0.4, 0.5) is 4.39 Å². The van der Waals surface area contributed by atoms with E-state index in [4.69, 9.17) is 16.3 Å². The van der Waals surface area contributed by atoms with Gasteiger partial charge in [-0.15, -0.1) is 0 Å². The van der Waals surface area contributed by atoms with Gasteiger partial charge in [-0.1, -0.05) is 11.6 Å². The molecule has 0 aliphatic carbocycles. The third-order valence-electron chi connectivity index (χ3n) is 1.48. The molecule has 0 bridgehead atoms. The zero-order valence-corrected chi connectivity index (χ0v) is 7.77. The molecule has 2 nitrogen and oxygen atoms in total. The topological polar surface area (TPSA) is 26.3 Å². The minimum absolute atomic E-state index is 0.0680. The van der Waals surface area contributed by atoms with Gasteiger partial charge < -0.3 is 4.74 Å². The molecule has 13 heavy (non-hydrogen) atoms. The fraction of sp³-hybridized carbons (Fsp3) is 0.222. The highest BCUT2D eigenvalue weighted by Gasteiger charge is 2.08. The Hall–Kier alpha value is -1.09. The number of rotatable bonds is 3. The van der Waals surface area contributed by atoms with E-state index in [0.717, 1.165) is 6.07 Å². The number of ether oxygens (including phenoxy) is 1. The maximum Gasteiger partial charge on any atom is 0.154 e. The number of hydrogen-bond donors (Lipinski definition) is 0. The zero-order valence-electron chi connectivity index (χ0n) is 7.01. The van der Waals surface area contributed by atoms with Crippen molar-refractivity contribution < 1.29 is 13.9 Å². The van der Waals surface area contributed by atoms with Gasteiger partial charge >= 0.3 is 0 Å². The number of carbonyl (C=O) groups excluding carboxylic acids is 1. The van der Waals surface area contributed by atoms with Crippen LogP contribution in [0, 0.1) is 5.82 Å². The first kappa shape index (κ1) is 9.99. The highest BCUT2D eigenvalue weighted by Crippen LogP contribution is 2.24. The van der Waals surface area contributed by atoms with Crippen molar-refractivity contribution >= 4 is 17.9 Å². The van der Waals surface area contributed by atoms with E-state index in [1.54, 1.807) is 6.92 Å². The summed E-state index contributed by atoms with van der Waals surface area (Å²) in [4.78, 5) is 10.4. The van der Waals surface area contributed by atoms with Crippen LogP contribution in [-0.4, -0.2) is 12.9 Å². The van der Waals surface area contributed by atoms with Gasteiger partial charge in [0.1, 0.15) is 11.6 Å². The molecule has 1 aromatic carbocycles. The second-order valence-electron chi connectivity index (χ2n) is 2.35. The van der Waals surface area contributed by atoms with Crippen LogP contribution in [0.1, 0.15) is 17.3 Å². The average molecular weight is 203 g/mol. The summed E-state index contributed by atoms with van der Waals surface area (Å²) in [5.41, 5.74) is -0.134. The Kier molecular flexibility index (Phi) is 3.25. The molecule has 0 unspecified atom stereocenters. The molecule has 0 aliphatic heterocycles. The summed E-state index contributed by atoms with van der Waals surface area (Å²) in [6, 6.07) is 2.55. The van der Waals surface area contributed by atoms with Gasteiger partial charge in [0.15, 0.2) is 6.29 Å². The SMILES string of the molecule is CCOc1cc(F)c(C=O)c(Cl)c1. The summed E-state index contributed by atoms with van der Waals surface area (Å²) >= 11 is 5.62. The molecule has 0 spiro atoms. The van der Waals surface area contributed by atoms with Crippen molar-refractivity contribution in [3.63, 3.8) is 0 Å². The van der Waals surface area contributed by atoms with E-state index >= 15 is 0 Å². The molecule has 0 fully saturated rings. The molecule has 0 saturated heterocycles. The van der Waals surface area contributed by atoms with Crippen LogP contribution in [0.15, 0.2) is 12.1 Å². The average Bonchev–Trinajstić information content (AvgIpc) is 2.04. The van der Waals surface area contributed by atoms with E-state index in [1.807, 2.05) is 0 Å². The second-order valence-corrected chi connectivity index (χ2v) is 2.76. The predicted molar refractivity (Wildman–Crippen MR) is 48.0 cm³/mol. The molecule has 0 saturated carbocycles. The summed E-state index contributed by atoms with van der Waals surface area (Å²) in [5, 5.41) is 0.0680. The van der Waals surface area contributed by atoms with Gasteiger partial charge in [0.05, 0.1) is 17.2 Å². The van der Waals surface area contributed by atoms with Crippen molar-refractivity contribution in [3.05, 3.63) is 28.5 Å². The third kappa shape index (κ3) is 2.18. The first-order valence-electron chi connectivity index (χ1n) is 3.76. The highest BCUT2D eigenvalue weighted by molar-refractivity contribution is 6.33. The van der Waals surface area contributed by atoms with E-state index in [-0.39, 0.29) is 10.6 Å². The summed E-state index contributed by atoms with van der Waals surface area (Å²) in [7, 11) is 0. The fourth-order valence-electron chi connectivity index (χ4n) is 0.924. The summed E-state index contributed by atoms with van der Waals surface area (Å²) in [6.45, 7) is 2.20. The van der Waals surface area contributed by atoms with E-state index in [9.17, 15) is 9.18 Å². The third-order valence-corrected chi connectivity index (χ3v) is 1.79. The van der Waals surface area contributed by atoms with Crippen LogP contribution in [0.25, 0.3) is 0 Å². The Morgan fingerprint density at radius 3 is 2.77 bits per heavy atom. The van der Waals surface area contributed by atoms with E-state index < -0.39 is 5.82 Å². The molecule has 0 N–H and O–H groups in total. The standard InChI is InChI=1S/C9H8ClFO2/c1-2-13-6-3-8(10)7(5-12)9(11)4-6/h3-5H,2H2,1H3. The van der Waals surface area contributed by atoms with Crippen molar-refractivity contribution in [1.82, 2.24) is 0 Å². The Morgan fingerprint density at radius 1 is 1.62 bits per heavy atom. The lowest BCUT2D eigenvalue weighted by Crippen LogP contribution is -1.95. The molecular formula is C9H8ClFO2. The van der Waals surface area contributed by atoms with Gasteiger partial charge in [-0.3, -0.25) is 4.79 Å². The molecule has 1 rings (SSSR count). The number of carbonyl (C=O) groups is 1. The monoisotopic (exact) mass is 202 g/mol.